The van der Waals surface area contributed by atoms with Crippen LogP contribution in [0, 0.1) is 0 Å². The van der Waals surface area contributed by atoms with Gasteiger partial charge in [0.05, 0.1) is 25.4 Å². The van der Waals surface area contributed by atoms with E-state index in [0.717, 1.165) is 9.47 Å². The van der Waals surface area contributed by atoms with E-state index in [0.29, 0.717) is 19.0 Å². The molecule has 6 nitrogen and oxygen atoms in total. The fourth-order valence-electron chi connectivity index (χ4n) is 1.22. The zero-order chi connectivity index (χ0) is 14.3. The van der Waals surface area contributed by atoms with Gasteiger partial charge in [-0.1, -0.05) is 23.1 Å². The van der Waals surface area contributed by atoms with Crippen molar-refractivity contribution in [3.8, 4) is 0 Å². The summed E-state index contributed by atoms with van der Waals surface area (Å²) >= 11 is 3.00. The van der Waals surface area contributed by atoms with Crippen LogP contribution in [-0.2, 0) is 9.47 Å². The smallest absolute Gasteiger partial charge is 0.208 e. The SMILES string of the molecule is COCC(C)OCC(O)CSc1nnc(N(C)C)s1. The molecule has 0 aromatic carbocycles. The molecule has 0 bridgehead atoms. The second kappa shape index (κ2) is 8.70. The monoisotopic (exact) mass is 307 g/mol. The minimum absolute atomic E-state index is 0.00785. The maximum atomic E-state index is 9.80. The average molecular weight is 307 g/mol. The Bertz CT molecular complexity index is 363. The molecule has 2 atom stereocenters. The van der Waals surface area contributed by atoms with Crippen molar-refractivity contribution in [3.05, 3.63) is 0 Å². The Morgan fingerprint density at radius 1 is 1.37 bits per heavy atom. The van der Waals surface area contributed by atoms with Crippen molar-refractivity contribution in [1.82, 2.24) is 10.2 Å². The molecule has 0 fully saturated rings. The van der Waals surface area contributed by atoms with Crippen LogP contribution in [0.2, 0.25) is 0 Å². The minimum Gasteiger partial charge on any atom is -0.390 e. The largest absolute Gasteiger partial charge is 0.390 e. The van der Waals surface area contributed by atoms with E-state index in [1.807, 2.05) is 25.9 Å². The molecule has 0 saturated carbocycles. The van der Waals surface area contributed by atoms with Gasteiger partial charge in [0.15, 0.2) is 4.34 Å². The van der Waals surface area contributed by atoms with Crippen molar-refractivity contribution in [2.24, 2.45) is 0 Å². The molecule has 1 N–H and O–H groups in total. The van der Waals surface area contributed by atoms with E-state index in [2.05, 4.69) is 10.2 Å². The molecular weight excluding hydrogens is 286 g/mol. The van der Waals surface area contributed by atoms with E-state index in [1.54, 1.807) is 7.11 Å². The van der Waals surface area contributed by atoms with Crippen LogP contribution in [0.5, 0.6) is 0 Å². The highest BCUT2D eigenvalue weighted by molar-refractivity contribution is 8.01. The van der Waals surface area contributed by atoms with Gasteiger partial charge in [0.1, 0.15) is 0 Å². The number of rotatable bonds is 9. The van der Waals surface area contributed by atoms with Gasteiger partial charge < -0.3 is 19.5 Å². The Labute approximate surface area is 122 Å². The first kappa shape index (κ1) is 16.6. The number of nitrogens with zero attached hydrogens (tertiary/aromatic N) is 3. The van der Waals surface area contributed by atoms with Crippen LogP contribution >= 0.6 is 23.1 Å². The third kappa shape index (κ3) is 6.53. The number of methoxy groups -OCH3 is 1. The topological polar surface area (TPSA) is 67.7 Å². The highest BCUT2D eigenvalue weighted by Crippen LogP contribution is 2.27. The first-order chi connectivity index (χ1) is 9.02. The molecule has 1 aromatic heterocycles. The van der Waals surface area contributed by atoms with Gasteiger partial charge in [0.25, 0.3) is 0 Å². The van der Waals surface area contributed by atoms with Crippen molar-refractivity contribution in [1.29, 1.82) is 0 Å². The number of aliphatic hydroxyl groups excluding tert-OH is 1. The molecule has 0 aliphatic rings. The lowest BCUT2D eigenvalue weighted by atomic mass is 10.4. The quantitative estimate of drug-likeness (QED) is 0.685. The Morgan fingerprint density at radius 2 is 2.11 bits per heavy atom. The molecule has 8 heteroatoms. The second-order valence-electron chi connectivity index (χ2n) is 4.31. The highest BCUT2D eigenvalue weighted by Gasteiger charge is 2.11. The van der Waals surface area contributed by atoms with Crippen LogP contribution in [-0.4, -0.2) is 67.7 Å². The Hall–Kier alpha value is -0.410. The van der Waals surface area contributed by atoms with E-state index in [-0.39, 0.29) is 6.10 Å². The summed E-state index contributed by atoms with van der Waals surface area (Å²) in [5, 5.41) is 18.8. The van der Waals surface area contributed by atoms with Gasteiger partial charge in [-0.15, -0.1) is 10.2 Å². The third-order valence-corrected chi connectivity index (χ3v) is 4.52. The molecule has 1 rings (SSSR count). The third-order valence-electron chi connectivity index (χ3n) is 2.15. The minimum atomic E-state index is -0.518. The van der Waals surface area contributed by atoms with Gasteiger partial charge in [-0.2, -0.15) is 0 Å². The zero-order valence-electron chi connectivity index (χ0n) is 11.7. The maximum Gasteiger partial charge on any atom is 0.208 e. The molecule has 0 aliphatic heterocycles. The van der Waals surface area contributed by atoms with Crippen LogP contribution in [0.25, 0.3) is 0 Å². The summed E-state index contributed by atoms with van der Waals surface area (Å²) in [7, 11) is 5.48. The van der Waals surface area contributed by atoms with Gasteiger partial charge in [0, 0.05) is 27.0 Å². The molecule has 0 spiro atoms. The molecule has 0 amide bonds. The van der Waals surface area contributed by atoms with Crippen LogP contribution in [0.4, 0.5) is 5.13 Å². The molecule has 1 heterocycles. The molecular formula is C11H21N3O3S2. The second-order valence-corrected chi connectivity index (χ2v) is 6.53. The van der Waals surface area contributed by atoms with Gasteiger partial charge >= 0.3 is 0 Å². The van der Waals surface area contributed by atoms with Crippen LogP contribution in [0.15, 0.2) is 4.34 Å². The van der Waals surface area contributed by atoms with Crippen LogP contribution < -0.4 is 4.90 Å². The molecule has 0 aliphatic carbocycles. The fourth-order valence-corrected chi connectivity index (χ4v) is 2.91. The molecule has 0 saturated heterocycles. The number of aromatic nitrogens is 2. The average Bonchev–Trinajstić information content (AvgIpc) is 2.83. The van der Waals surface area contributed by atoms with E-state index in [9.17, 15) is 5.11 Å². The van der Waals surface area contributed by atoms with E-state index >= 15 is 0 Å². The first-order valence-corrected chi connectivity index (χ1v) is 7.75. The lowest BCUT2D eigenvalue weighted by molar-refractivity contribution is -0.0257. The van der Waals surface area contributed by atoms with Gasteiger partial charge in [-0.3, -0.25) is 0 Å². The summed E-state index contributed by atoms with van der Waals surface area (Å²) in [4.78, 5) is 1.91. The molecule has 0 radical (unpaired) electrons. The van der Waals surface area contributed by atoms with Gasteiger partial charge in [0.2, 0.25) is 5.13 Å². The van der Waals surface area contributed by atoms with E-state index in [4.69, 9.17) is 9.47 Å². The van der Waals surface area contributed by atoms with E-state index in [1.165, 1.54) is 23.1 Å². The van der Waals surface area contributed by atoms with Gasteiger partial charge in [-0.05, 0) is 6.92 Å². The lowest BCUT2D eigenvalue weighted by Gasteiger charge is -2.15. The van der Waals surface area contributed by atoms with Crippen molar-refractivity contribution in [2.75, 3.05) is 45.1 Å². The van der Waals surface area contributed by atoms with Crippen molar-refractivity contribution < 1.29 is 14.6 Å². The highest BCUT2D eigenvalue weighted by atomic mass is 32.2. The number of hydrogen-bond acceptors (Lipinski definition) is 8. The predicted octanol–water partition coefficient (Wildman–Crippen LogP) is 1.11. The van der Waals surface area contributed by atoms with Crippen LogP contribution in [0.1, 0.15) is 6.92 Å². The number of ether oxygens (including phenoxy) is 2. The number of hydrogen-bond donors (Lipinski definition) is 1. The number of anilines is 1. The summed E-state index contributed by atoms with van der Waals surface area (Å²) in [6.07, 6.45) is -0.525. The van der Waals surface area contributed by atoms with Crippen LogP contribution in [0.3, 0.4) is 0 Å². The van der Waals surface area contributed by atoms with Crippen molar-refractivity contribution >= 4 is 28.2 Å². The summed E-state index contributed by atoms with van der Waals surface area (Å²) < 4.78 is 11.3. The Balaban J connectivity index is 2.23. The Morgan fingerprint density at radius 3 is 2.68 bits per heavy atom. The molecule has 19 heavy (non-hydrogen) atoms. The molecule has 1 aromatic rings. The Kier molecular flexibility index (Phi) is 7.62. The van der Waals surface area contributed by atoms with Crippen molar-refractivity contribution in [2.45, 2.75) is 23.5 Å². The standard InChI is InChI=1S/C11H21N3O3S2/c1-8(5-16-4)17-6-9(15)7-18-11-13-12-10(19-11)14(2)3/h8-9,15H,5-7H2,1-4H3. The zero-order valence-corrected chi connectivity index (χ0v) is 13.3. The fraction of sp³-hybridized carbons (Fsp3) is 0.818. The summed E-state index contributed by atoms with van der Waals surface area (Å²) in [6.45, 7) is 2.75. The van der Waals surface area contributed by atoms with E-state index < -0.39 is 6.10 Å². The summed E-state index contributed by atoms with van der Waals surface area (Å²) in [5.74, 6) is 0.543. The molecule has 2 unspecified atom stereocenters. The number of aliphatic hydroxyl groups is 1. The maximum absolute atomic E-state index is 9.80. The predicted molar refractivity (Wildman–Crippen MR) is 78.3 cm³/mol. The molecule has 110 valence electrons. The first-order valence-electron chi connectivity index (χ1n) is 5.95. The summed E-state index contributed by atoms with van der Waals surface area (Å²) in [5.41, 5.74) is 0. The van der Waals surface area contributed by atoms with Crippen molar-refractivity contribution in [3.63, 3.8) is 0 Å². The summed E-state index contributed by atoms with van der Waals surface area (Å²) in [6, 6.07) is 0. The lowest BCUT2D eigenvalue weighted by Crippen LogP contribution is -2.24. The van der Waals surface area contributed by atoms with Gasteiger partial charge in [-0.25, -0.2) is 0 Å². The number of thioether (sulfide) groups is 1. The normalized spacial score (nSPS) is 14.4.